The number of amides is 8. The number of ketones is 3. The number of carbonyl (C=O) groups excluding carboxylic acids is 11. The van der Waals surface area contributed by atoms with Crippen molar-refractivity contribution in [2.45, 2.75) is 176 Å². The molecule has 6 aromatic carbocycles. The van der Waals surface area contributed by atoms with E-state index in [9.17, 15) is 57.5 Å². The first-order valence-corrected chi connectivity index (χ1v) is 37.1. The number of hydrogen-bond donors (Lipinski definition) is 9. The van der Waals surface area contributed by atoms with Gasteiger partial charge in [0, 0.05) is 38.2 Å². The van der Waals surface area contributed by atoms with E-state index in [-0.39, 0.29) is 126 Å². The molecule has 5 aliphatic heterocycles. The Bertz CT molecular complexity index is 4690. The van der Waals surface area contributed by atoms with Gasteiger partial charge in [0.15, 0.2) is 17.3 Å². The molecular weight excluding hydrogens is 1420 g/mol. The summed E-state index contributed by atoms with van der Waals surface area (Å²) in [5.74, 6) is -3.83. The Balaban J connectivity index is 0.688. The van der Waals surface area contributed by atoms with Crippen LogP contribution in [-0.4, -0.2) is 161 Å². The fraction of sp³-hybridized carbons (Fsp3) is 0.381. The summed E-state index contributed by atoms with van der Waals surface area (Å²) in [6.07, 6.45) is 1.74. The van der Waals surface area contributed by atoms with E-state index in [1.54, 1.807) is 113 Å². The highest BCUT2D eigenvalue weighted by atomic mass is 16.6. The van der Waals surface area contributed by atoms with Crippen molar-refractivity contribution in [2.75, 3.05) is 26.9 Å². The van der Waals surface area contributed by atoms with Gasteiger partial charge < -0.3 is 75.9 Å². The number of H-pyrrole nitrogens is 1. The van der Waals surface area contributed by atoms with E-state index in [2.05, 4.69) is 47.5 Å². The number of aromatic nitrogens is 1. The zero-order chi connectivity index (χ0) is 78.6. The molecule has 12 rings (SSSR count). The van der Waals surface area contributed by atoms with Crippen LogP contribution in [0.5, 0.6) is 17.2 Å². The van der Waals surface area contributed by atoms with Crippen LogP contribution in [0.15, 0.2) is 175 Å². The number of pyridine rings is 1. The number of rotatable bonds is 37. The standard InChI is InChI=1S/C84H91N9O18/c1-81(36-35-71(96)93-81)80(105)92-68(79(104)87-63(72(97)82(2)47-109-82)39-50-13-7-6-8-14-50)42-53-27-33-60(34-28-53)108-46-57-18-10-16-55(38-57)44-65(74(99)84(4)49-111-84)89-78(103)67(91-76(101)62-20-12-22-70(95)86-62)41-52-25-31-59(32-26-52)107-45-56-17-9-15-54(37-56)43-64(73(98)83(3)48-110-83)88-77(102)66(40-51-23-29-58(106-5)30-24-51)90-75(100)61-19-11-21-69(94)85-61/h6-11,13-19,21,23-34,37-38,62-68H,12,20,22,35-36,39-49H2,1-5H3,(H,85,94)(H,86,95)(H,87,104)(H,88,102)(H,89,103)(H,90,100)(H,91,101)(H,92,105)(H,93,96). The van der Waals surface area contributed by atoms with Crippen LogP contribution >= 0.6 is 0 Å². The summed E-state index contributed by atoms with van der Waals surface area (Å²) in [7, 11) is 1.53. The smallest absolute Gasteiger partial charge is 0.268 e. The molecule has 5 saturated heterocycles. The monoisotopic (exact) mass is 1510 g/mol. The van der Waals surface area contributed by atoms with Crippen molar-refractivity contribution in [3.05, 3.63) is 230 Å². The Morgan fingerprint density at radius 2 is 0.847 bits per heavy atom. The molecule has 0 radical (unpaired) electrons. The van der Waals surface area contributed by atoms with Crippen LogP contribution in [0.4, 0.5) is 0 Å². The van der Waals surface area contributed by atoms with E-state index >= 15 is 0 Å². The molecule has 1 aromatic heterocycles. The summed E-state index contributed by atoms with van der Waals surface area (Å²) in [5, 5.41) is 22.7. The van der Waals surface area contributed by atoms with E-state index in [1.807, 2.05) is 66.7 Å². The van der Waals surface area contributed by atoms with Crippen LogP contribution in [0.3, 0.4) is 0 Å². The summed E-state index contributed by atoms with van der Waals surface area (Å²) >= 11 is 0. The minimum absolute atomic E-state index is 0.0173. The van der Waals surface area contributed by atoms with Gasteiger partial charge in [-0.05, 0) is 153 Å². The molecule has 6 heterocycles. The lowest BCUT2D eigenvalue weighted by atomic mass is 9.93. The van der Waals surface area contributed by atoms with Gasteiger partial charge in [0.1, 0.15) is 82.7 Å². The van der Waals surface area contributed by atoms with Crippen molar-refractivity contribution >= 4 is 64.6 Å². The van der Waals surface area contributed by atoms with Gasteiger partial charge in [0.2, 0.25) is 46.9 Å². The van der Waals surface area contributed by atoms with Crippen LogP contribution in [0, 0.1) is 0 Å². The SMILES string of the molecule is COc1ccc(CC(NC(=O)c2cccc(=O)[nH]2)C(=O)NC(Cc2cccc(COc3ccc(CC(NC(=O)C4CCCC(=O)N4)C(=O)NC(Cc4cccc(COc5ccc(CC(NC(=O)C6(C)CCC(=O)N6)C(=O)NC(Cc6ccccc6)C(=O)C6(C)CO6)cc5)c4)C(=O)C4(C)CO4)cc3)c2)C(=O)C2(C)CO2)cc1. The zero-order valence-corrected chi connectivity index (χ0v) is 62.4. The predicted octanol–water partition coefficient (Wildman–Crippen LogP) is 4.53. The molecule has 27 nitrogen and oxygen atoms in total. The van der Waals surface area contributed by atoms with E-state index in [4.69, 9.17) is 28.4 Å². The molecule has 8 amide bonds. The number of carbonyl (C=O) groups is 11. The second kappa shape index (κ2) is 34.5. The number of benzene rings is 6. The average molecular weight is 1510 g/mol. The number of methoxy groups -OCH3 is 1. The fourth-order valence-corrected chi connectivity index (χ4v) is 13.6. The Labute approximate surface area is 641 Å². The van der Waals surface area contributed by atoms with Crippen molar-refractivity contribution in [1.29, 1.82) is 0 Å². The minimum Gasteiger partial charge on any atom is -0.497 e. The molecule has 111 heavy (non-hydrogen) atoms. The summed E-state index contributed by atoms with van der Waals surface area (Å²) in [4.78, 5) is 167. The van der Waals surface area contributed by atoms with Gasteiger partial charge in [-0.1, -0.05) is 121 Å². The molecule has 0 aliphatic carbocycles. The van der Waals surface area contributed by atoms with Crippen LogP contribution in [0.25, 0.3) is 0 Å². The second-order valence-corrected chi connectivity index (χ2v) is 29.8. The molecule has 11 unspecified atom stereocenters. The number of Topliss-reactive ketones (excluding diaryl/α,β-unsaturated/α-hetero) is 3. The number of nitrogens with one attached hydrogen (secondary N) is 9. The first kappa shape index (κ1) is 78.9. The summed E-state index contributed by atoms with van der Waals surface area (Å²) < 4.78 is 34.5. The Morgan fingerprint density at radius 1 is 0.441 bits per heavy atom. The van der Waals surface area contributed by atoms with Gasteiger partial charge in [0.25, 0.3) is 5.91 Å². The van der Waals surface area contributed by atoms with E-state index in [0.29, 0.717) is 57.9 Å². The first-order valence-electron chi connectivity index (χ1n) is 37.1. The first-order chi connectivity index (χ1) is 53.2. The highest BCUT2D eigenvalue weighted by Crippen LogP contribution is 2.33. The summed E-state index contributed by atoms with van der Waals surface area (Å²) in [5.41, 5.74) is 0.385. The maximum atomic E-state index is 14.8. The lowest BCUT2D eigenvalue weighted by Gasteiger charge is -2.28. The maximum absolute atomic E-state index is 14.8. The molecule has 0 saturated carbocycles. The molecule has 11 atom stereocenters. The van der Waals surface area contributed by atoms with Crippen molar-refractivity contribution < 1.29 is 81.2 Å². The van der Waals surface area contributed by atoms with Crippen molar-refractivity contribution in [1.82, 2.24) is 47.5 Å². The van der Waals surface area contributed by atoms with Gasteiger partial charge >= 0.3 is 0 Å². The number of epoxide rings is 3. The number of piperidine rings is 1. The number of hydrogen-bond acceptors (Lipinski definition) is 18. The molecule has 5 fully saturated rings. The molecule has 580 valence electrons. The Kier molecular flexibility index (Phi) is 24.5. The fourth-order valence-electron chi connectivity index (χ4n) is 13.6. The second-order valence-electron chi connectivity index (χ2n) is 29.8. The lowest BCUT2D eigenvalue weighted by molar-refractivity contribution is -0.135. The highest BCUT2D eigenvalue weighted by Gasteiger charge is 2.53. The third-order valence-electron chi connectivity index (χ3n) is 20.7. The van der Waals surface area contributed by atoms with Gasteiger partial charge in [-0.15, -0.1) is 0 Å². The zero-order valence-electron chi connectivity index (χ0n) is 62.4. The third kappa shape index (κ3) is 21.0. The molecule has 9 N–H and O–H groups in total. The number of ether oxygens (including phenoxy) is 6. The Morgan fingerprint density at radius 3 is 1.28 bits per heavy atom. The largest absolute Gasteiger partial charge is 0.497 e. The third-order valence-corrected chi connectivity index (χ3v) is 20.7. The topological polar surface area (TPSA) is 382 Å². The van der Waals surface area contributed by atoms with Crippen molar-refractivity contribution in [3.8, 4) is 17.2 Å². The van der Waals surface area contributed by atoms with Crippen molar-refractivity contribution in [3.63, 3.8) is 0 Å². The maximum Gasteiger partial charge on any atom is 0.268 e. The van der Waals surface area contributed by atoms with Crippen LogP contribution in [-0.2, 0) is 114 Å². The van der Waals surface area contributed by atoms with E-state index in [1.165, 1.54) is 25.3 Å². The predicted molar refractivity (Wildman–Crippen MR) is 404 cm³/mol. The summed E-state index contributed by atoms with van der Waals surface area (Å²) in [6, 6.07) is 41.1. The molecular formula is C84H91N9O18. The Hall–Kier alpha value is -11.7. The highest BCUT2D eigenvalue weighted by molar-refractivity contribution is 6.02. The van der Waals surface area contributed by atoms with Gasteiger partial charge in [0.05, 0.1) is 45.1 Å². The van der Waals surface area contributed by atoms with Gasteiger partial charge in [-0.2, -0.15) is 0 Å². The van der Waals surface area contributed by atoms with E-state index < -0.39 is 106 Å². The quantitative estimate of drug-likeness (QED) is 0.0241. The van der Waals surface area contributed by atoms with Crippen LogP contribution in [0.1, 0.15) is 115 Å². The normalized spacial score (nSPS) is 21.6. The minimum atomic E-state index is -1.25. The average Bonchev–Trinajstić information content (AvgIpc) is 1.67. The van der Waals surface area contributed by atoms with E-state index in [0.717, 1.165) is 16.7 Å². The molecule has 0 bridgehead atoms. The molecule has 7 aromatic rings. The molecule has 27 heteroatoms. The van der Waals surface area contributed by atoms with Gasteiger partial charge in [-0.25, -0.2) is 0 Å². The summed E-state index contributed by atoms with van der Waals surface area (Å²) in [6.45, 7) is 7.23. The molecule has 5 aliphatic rings. The number of aromatic amines is 1. The van der Waals surface area contributed by atoms with Crippen LogP contribution < -0.4 is 62.3 Å². The van der Waals surface area contributed by atoms with Crippen LogP contribution in [0.2, 0.25) is 0 Å². The van der Waals surface area contributed by atoms with Crippen molar-refractivity contribution in [2.24, 2.45) is 0 Å². The molecule has 0 spiro atoms. The van der Waals surface area contributed by atoms with Gasteiger partial charge in [-0.3, -0.25) is 57.5 Å². The lowest BCUT2D eigenvalue weighted by Crippen LogP contribution is -2.59.